The number of nitrogens with one attached hydrogen (secondary N) is 1. The normalized spacial score (nSPS) is 17.0. The van der Waals surface area contributed by atoms with Crippen molar-refractivity contribution in [2.75, 3.05) is 20.8 Å². The summed E-state index contributed by atoms with van der Waals surface area (Å²) in [6.45, 7) is 1.58. The van der Waals surface area contributed by atoms with Crippen molar-refractivity contribution in [3.8, 4) is 5.75 Å². The second-order valence-electron chi connectivity index (χ2n) is 7.19. The van der Waals surface area contributed by atoms with Gasteiger partial charge in [0.05, 0.1) is 25.5 Å². The van der Waals surface area contributed by atoms with Crippen molar-refractivity contribution in [1.29, 1.82) is 0 Å². The maximum Gasteiger partial charge on any atom is 0.343 e. The number of methoxy groups -OCH3 is 2. The van der Waals surface area contributed by atoms with Crippen molar-refractivity contribution in [3.63, 3.8) is 0 Å². The Bertz CT molecular complexity index is 1140. The lowest BCUT2D eigenvalue weighted by Gasteiger charge is -2.29. The molecule has 2 aromatic carbocycles. The second-order valence-corrected chi connectivity index (χ2v) is 7.19. The summed E-state index contributed by atoms with van der Waals surface area (Å²) in [6, 6.07) is 14.3. The Morgan fingerprint density at radius 1 is 0.968 bits per heavy atom. The van der Waals surface area contributed by atoms with Crippen molar-refractivity contribution in [2.24, 2.45) is 0 Å². The summed E-state index contributed by atoms with van der Waals surface area (Å²) < 4.78 is 15.0. The Morgan fingerprint density at radius 2 is 1.65 bits per heavy atom. The van der Waals surface area contributed by atoms with E-state index < -0.39 is 17.9 Å². The average Bonchev–Trinajstić information content (AvgIpc) is 3.08. The molecule has 2 aliphatic rings. The van der Waals surface area contributed by atoms with Crippen molar-refractivity contribution < 1.29 is 28.6 Å². The number of hydrogen-bond acceptors (Lipinski definition) is 7. The Labute approximate surface area is 179 Å². The fraction of sp³-hybridized carbons (Fsp3) is 0.208. The van der Waals surface area contributed by atoms with Gasteiger partial charge in [-0.3, -0.25) is 4.79 Å². The third-order valence-corrected chi connectivity index (χ3v) is 5.45. The highest BCUT2D eigenvalue weighted by molar-refractivity contribution is 6.23. The smallest absolute Gasteiger partial charge is 0.343 e. The summed E-state index contributed by atoms with van der Waals surface area (Å²) in [5.74, 6) is -1.24. The number of rotatable bonds is 5. The van der Waals surface area contributed by atoms with E-state index in [0.717, 1.165) is 11.1 Å². The average molecular weight is 419 g/mol. The molecular weight excluding hydrogens is 398 g/mol. The van der Waals surface area contributed by atoms with E-state index in [9.17, 15) is 14.4 Å². The molecule has 4 rings (SSSR count). The van der Waals surface area contributed by atoms with Crippen molar-refractivity contribution >= 4 is 23.4 Å². The molecule has 7 heteroatoms. The lowest BCUT2D eigenvalue weighted by Crippen LogP contribution is -2.29. The molecule has 0 bridgehead atoms. The van der Waals surface area contributed by atoms with Crippen LogP contribution in [0.2, 0.25) is 0 Å². The van der Waals surface area contributed by atoms with Gasteiger partial charge in [-0.25, -0.2) is 9.59 Å². The number of esters is 2. The van der Waals surface area contributed by atoms with E-state index in [1.165, 1.54) is 14.2 Å². The van der Waals surface area contributed by atoms with Gasteiger partial charge in [0.15, 0.2) is 12.4 Å². The van der Waals surface area contributed by atoms with Crippen LogP contribution in [0.15, 0.2) is 65.4 Å². The third kappa shape index (κ3) is 3.48. The summed E-state index contributed by atoms with van der Waals surface area (Å²) in [4.78, 5) is 37.3. The second kappa shape index (κ2) is 8.10. The highest BCUT2D eigenvalue weighted by Gasteiger charge is 2.42. The predicted octanol–water partition coefficient (Wildman–Crippen LogP) is 2.98. The number of carbonyl (C=O) groups is 3. The zero-order valence-corrected chi connectivity index (χ0v) is 17.4. The molecule has 1 heterocycles. The van der Waals surface area contributed by atoms with Gasteiger partial charge in [-0.15, -0.1) is 0 Å². The summed E-state index contributed by atoms with van der Waals surface area (Å²) in [5.41, 5.74) is 4.38. The zero-order valence-electron chi connectivity index (χ0n) is 17.4. The number of hydrogen-bond donors (Lipinski definition) is 1. The molecule has 0 saturated heterocycles. The van der Waals surface area contributed by atoms with Crippen molar-refractivity contribution in [3.05, 3.63) is 82.1 Å². The molecular formula is C24H21NO6. The molecule has 1 atom stereocenters. The SMILES string of the molecule is COC(=O)COc1ccc([C@@H]2C(C(=O)OC)=C(C)NC3=C2C(=O)c2ccccc23)cc1. The standard InChI is InChI=1S/C24H21NO6/c1-13-19(24(28)30-3)20(14-8-10-15(11-9-14)31-12-18(26)29-2)21-22(25-13)16-6-4-5-7-17(16)23(21)27/h4-11,20,25H,12H2,1-3H3/t20-/m1/s1. The molecule has 31 heavy (non-hydrogen) atoms. The fourth-order valence-electron chi connectivity index (χ4n) is 4.00. The maximum atomic E-state index is 13.3. The van der Waals surface area contributed by atoms with Crippen LogP contribution in [0.1, 0.15) is 34.3 Å². The minimum absolute atomic E-state index is 0.122. The Hall–Kier alpha value is -3.87. The number of ether oxygens (including phenoxy) is 3. The highest BCUT2D eigenvalue weighted by Crippen LogP contribution is 2.46. The Kier molecular flexibility index (Phi) is 5.33. The van der Waals surface area contributed by atoms with Crippen LogP contribution < -0.4 is 10.1 Å². The van der Waals surface area contributed by atoms with Gasteiger partial charge in [0.1, 0.15) is 5.75 Å². The molecule has 0 spiro atoms. The quantitative estimate of drug-likeness (QED) is 0.745. The lowest BCUT2D eigenvalue weighted by atomic mass is 9.80. The van der Waals surface area contributed by atoms with E-state index in [-0.39, 0.29) is 12.4 Å². The molecule has 0 saturated carbocycles. The van der Waals surface area contributed by atoms with Gasteiger partial charge < -0.3 is 19.5 Å². The van der Waals surface area contributed by atoms with Gasteiger partial charge in [-0.2, -0.15) is 0 Å². The van der Waals surface area contributed by atoms with Gasteiger partial charge in [0, 0.05) is 28.3 Å². The summed E-state index contributed by atoms with van der Waals surface area (Å²) in [5, 5.41) is 3.24. The number of carbonyl (C=O) groups excluding carboxylic acids is 3. The number of allylic oxidation sites excluding steroid dienone is 2. The minimum atomic E-state index is -0.599. The van der Waals surface area contributed by atoms with Crippen molar-refractivity contribution in [1.82, 2.24) is 5.32 Å². The Balaban J connectivity index is 1.77. The van der Waals surface area contributed by atoms with E-state index in [1.807, 2.05) is 18.2 Å². The monoisotopic (exact) mass is 419 g/mol. The molecule has 0 fully saturated rings. The fourth-order valence-corrected chi connectivity index (χ4v) is 4.00. The molecule has 0 radical (unpaired) electrons. The zero-order chi connectivity index (χ0) is 22.1. The van der Waals surface area contributed by atoms with E-state index in [4.69, 9.17) is 9.47 Å². The van der Waals surface area contributed by atoms with Crippen LogP contribution in [0.25, 0.3) is 5.70 Å². The number of ketones is 1. The molecule has 7 nitrogen and oxygen atoms in total. The summed E-state index contributed by atoms with van der Waals surface area (Å²) in [6.07, 6.45) is 0. The highest BCUT2D eigenvalue weighted by atomic mass is 16.6. The van der Waals surface area contributed by atoms with Gasteiger partial charge in [-0.1, -0.05) is 36.4 Å². The molecule has 2 aromatic rings. The largest absolute Gasteiger partial charge is 0.482 e. The number of dihydropyridines is 1. The van der Waals surface area contributed by atoms with Crippen LogP contribution in [0.5, 0.6) is 5.75 Å². The first-order chi connectivity index (χ1) is 15.0. The van der Waals surface area contributed by atoms with E-state index in [1.54, 1.807) is 37.3 Å². The number of Topliss-reactive ketones (excluding diaryl/α,β-unsaturated/α-hetero) is 1. The van der Waals surface area contributed by atoms with Crippen molar-refractivity contribution in [2.45, 2.75) is 12.8 Å². The molecule has 1 aliphatic heterocycles. The van der Waals surface area contributed by atoms with E-state index >= 15 is 0 Å². The third-order valence-electron chi connectivity index (χ3n) is 5.45. The van der Waals surface area contributed by atoms with Crippen LogP contribution in [-0.2, 0) is 19.1 Å². The first kappa shape index (κ1) is 20.4. The number of fused-ring (bicyclic) bond motifs is 2. The minimum Gasteiger partial charge on any atom is -0.482 e. The van der Waals surface area contributed by atoms with Gasteiger partial charge in [0.2, 0.25) is 0 Å². The summed E-state index contributed by atoms with van der Waals surface area (Å²) in [7, 11) is 2.61. The van der Waals surface area contributed by atoms with E-state index in [0.29, 0.717) is 33.9 Å². The van der Waals surface area contributed by atoms with Crippen LogP contribution in [0.3, 0.4) is 0 Å². The molecule has 0 unspecified atom stereocenters. The van der Waals surface area contributed by atoms with Crippen LogP contribution in [0.4, 0.5) is 0 Å². The lowest BCUT2D eigenvalue weighted by molar-refractivity contribution is -0.143. The van der Waals surface area contributed by atoms with Crippen LogP contribution in [0, 0.1) is 0 Å². The van der Waals surface area contributed by atoms with Gasteiger partial charge >= 0.3 is 11.9 Å². The topological polar surface area (TPSA) is 90.9 Å². The molecule has 0 aromatic heterocycles. The van der Waals surface area contributed by atoms with E-state index in [2.05, 4.69) is 10.1 Å². The first-order valence-electron chi connectivity index (χ1n) is 9.70. The predicted molar refractivity (Wildman–Crippen MR) is 112 cm³/mol. The molecule has 1 aliphatic carbocycles. The molecule has 158 valence electrons. The van der Waals surface area contributed by atoms with Crippen LogP contribution >= 0.6 is 0 Å². The van der Waals surface area contributed by atoms with Crippen LogP contribution in [-0.4, -0.2) is 38.5 Å². The molecule has 0 amide bonds. The summed E-state index contributed by atoms with van der Waals surface area (Å²) >= 11 is 0. The first-order valence-corrected chi connectivity index (χ1v) is 9.70. The maximum absolute atomic E-state index is 13.3. The number of benzene rings is 2. The Morgan fingerprint density at radius 3 is 2.29 bits per heavy atom. The van der Waals surface area contributed by atoms with Gasteiger partial charge in [-0.05, 0) is 24.6 Å². The van der Waals surface area contributed by atoms with Gasteiger partial charge in [0.25, 0.3) is 0 Å². The molecule has 1 N–H and O–H groups in total.